The molecule has 0 bridgehead atoms. The van der Waals surface area contributed by atoms with Crippen LogP contribution in [0, 0.1) is 5.92 Å². The van der Waals surface area contributed by atoms with E-state index in [1.807, 2.05) is 23.6 Å². The quantitative estimate of drug-likeness (QED) is 0.847. The first-order valence-electron chi connectivity index (χ1n) is 9.72. The van der Waals surface area contributed by atoms with Crippen LogP contribution in [0.3, 0.4) is 0 Å². The molecule has 2 amide bonds. The summed E-state index contributed by atoms with van der Waals surface area (Å²) in [7, 11) is 0. The first-order chi connectivity index (χ1) is 12.0. The molecule has 4 nitrogen and oxygen atoms in total. The maximum atomic E-state index is 12.7. The molecule has 2 aliphatic rings. The summed E-state index contributed by atoms with van der Waals surface area (Å²) in [6.07, 6.45) is 6.21. The summed E-state index contributed by atoms with van der Waals surface area (Å²) in [4.78, 5) is 28.7. The van der Waals surface area contributed by atoms with Crippen molar-refractivity contribution < 1.29 is 9.59 Å². The molecule has 0 unspecified atom stereocenters. The van der Waals surface area contributed by atoms with E-state index in [0.29, 0.717) is 19.5 Å². The minimum atomic E-state index is 0.0257. The lowest BCUT2D eigenvalue weighted by atomic mass is 9.90. The van der Waals surface area contributed by atoms with Crippen LogP contribution in [0.25, 0.3) is 0 Å². The van der Waals surface area contributed by atoms with Crippen LogP contribution in [0.5, 0.6) is 0 Å². The van der Waals surface area contributed by atoms with Crippen molar-refractivity contribution in [3.05, 3.63) is 34.9 Å². The van der Waals surface area contributed by atoms with Gasteiger partial charge in [0, 0.05) is 32.1 Å². The molecule has 1 heterocycles. The number of carbonyl (C=O) groups is 2. The molecule has 1 saturated heterocycles. The van der Waals surface area contributed by atoms with Gasteiger partial charge in [0.2, 0.25) is 11.8 Å². The first-order valence-corrected chi connectivity index (χ1v) is 9.72. The normalized spacial score (nSPS) is 18.0. The minimum absolute atomic E-state index is 0.0257. The Morgan fingerprint density at radius 1 is 0.920 bits per heavy atom. The molecular weight excluding hydrogens is 312 g/mol. The molecule has 1 aliphatic heterocycles. The third kappa shape index (κ3) is 4.42. The topological polar surface area (TPSA) is 40.6 Å². The average Bonchev–Trinajstić information content (AvgIpc) is 2.87. The standard InChI is InChI=1S/C21H30N2O2/c1-16(2)21(25)23-11-5-10-22(12-13-23)20(24)15-17-8-9-18-6-3-4-7-19(18)14-17/h8-9,14,16H,3-7,10-13,15H2,1-2H3. The van der Waals surface area contributed by atoms with E-state index in [1.165, 1.54) is 30.4 Å². The van der Waals surface area contributed by atoms with Crippen LogP contribution in [0.15, 0.2) is 18.2 Å². The van der Waals surface area contributed by atoms with E-state index < -0.39 is 0 Å². The predicted molar refractivity (Wildman–Crippen MR) is 99.4 cm³/mol. The van der Waals surface area contributed by atoms with E-state index in [-0.39, 0.29) is 17.7 Å². The van der Waals surface area contributed by atoms with E-state index in [1.54, 1.807) is 0 Å². The highest BCUT2D eigenvalue weighted by atomic mass is 16.2. The maximum Gasteiger partial charge on any atom is 0.227 e. The Bertz CT molecular complexity index is 639. The lowest BCUT2D eigenvalue weighted by molar-refractivity contribution is -0.135. The summed E-state index contributed by atoms with van der Waals surface area (Å²) >= 11 is 0. The van der Waals surface area contributed by atoms with Crippen molar-refractivity contribution in [3.63, 3.8) is 0 Å². The first kappa shape index (κ1) is 18.0. The van der Waals surface area contributed by atoms with E-state index >= 15 is 0 Å². The fourth-order valence-electron chi connectivity index (χ4n) is 3.94. The Morgan fingerprint density at radius 3 is 2.36 bits per heavy atom. The second-order valence-corrected chi connectivity index (χ2v) is 7.70. The van der Waals surface area contributed by atoms with Gasteiger partial charge < -0.3 is 9.80 Å². The van der Waals surface area contributed by atoms with Crippen molar-refractivity contribution in [2.45, 2.75) is 52.4 Å². The fraction of sp³-hybridized carbons (Fsp3) is 0.619. The maximum absolute atomic E-state index is 12.7. The van der Waals surface area contributed by atoms with Gasteiger partial charge in [-0.3, -0.25) is 9.59 Å². The summed E-state index contributed by atoms with van der Waals surface area (Å²) in [5, 5.41) is 0. The molecule has 136 valence electrons. The lowest BCUT2D eigenvalue weighted by Gasteiger charge is -2.24. The highest BCUT2D eigenvalue weighted by Gasteiger charge is 2.23. The molecule has 0 spiro atoms. The van der Waals surface area contributed by atoms with Gasteiger partial charge in [-0.15, -0.1) is 0 Å². The summed E-state index contributed by atoms with van der Waals surface area (Å²) in [6, 6.07) is 6.57. The summed E-state index contributed by atoms with van der Waals surface area (Å²) in [6.45, 7) is 6.71. The number of aryl methyl sites for hydroxylation is 2. The van der Waals surface area contributed by atoms with Crippen molar-refractivity contribution in [3.8, 4) is 0 Å². The third-order valence-electron chi connectivity index (χ3n) is 5.42. The average molecular weight is 342 g/mol. The SMILES string of the molecule is CC(C)C(=O)N1CCCN(C(=O)Cc2ccc3c(c2)CCCC3)CC1. The molecule has 0 aromatic heterocycles. The van der Waals surface area contributed by atoms with Crippen molar-refractivity contribution in [1.29, 1.82) is 0 Å². The number of benzene rings is 1. The van der Waals surface area contributed by atoms with Gasteiger partial charge in [0.15, 0.2) is 0 Å². The molecule has 0 radical (unpaired) electrons. The van der Waals surface area contributed by atoms with E-state index in [0.717, 1.165) is 31.5 Å². The highest BCUT2D eigenvalue weighted by molar-refractivity contribution is 5.80. The van der Waals surface area contributed by atoms with Crippen molar-refractivity contribution in [2.75, 3.05) is 26.2 Å². The zero-order valence-electron chi connectivity index (χ0n) is 15.6. The van der Waals surface area contributed by atoms with Crippen molar-refractivity contribution in [1.82, 2.24) is 9.80 Å². The van der Waals surface area contributed by atoms with Crippen LogP contribution in [0.2, 0.25) is 0 Å². The highest BCUT2D eigenvalue weighted by Crippen LogP contribution is 2.22. The van der Waals surface area contributed by atoms with Crippen LogP contribution in [-0.2, 0) is 28.9 Å². The largest absolute Gasteiger partial charge is 0.341 e. The van der Waals surface area contributed by atoms with Crippen molar-refractivity contribution >= 4 is 11.8 Å². The van der Waals surface area contributed by atoms with Gasteiger partial charge in [0.25, 0.3) is 0 Å². The zero-order valence-corrected chi connectivity index (χ0v) is 15.6. The van der Waals surface area contributed by atoms with Gasteiger partial charge in [-0.2, -0.15) is 0 Å². The summed E-state index contributed by atoms with van der Waals surface area (Å²) < 4.78 is 0. The second-order valence-electron chi connectivity index (χ2n) is 7.70. The molecule has 0 N–H and O–H groups in total. The zero-order chi connectivity index (χ0) is 17.8. The lowest BCUT2D eigenvalue weighted by Crippen LogP contribution is -2.39. The predicted octanol–water partition coefficient (Wildman–Crippen LogP) is 2.82. The van der Waals surface area contributed by atoms with Crippen LogP contribution >= 0.6 is 0 Å². The monoisotopic (exact) mass is 342 g/mol. The van der Waals surface area contributed by atoms with E-state index in [2.05, 4.69) is 18.2 Å². The molecule has 0 atom stereocenters. The summed E-state index contributed by atoms with van der Waals surface area (Å²) in [5.74, 6) is 0.413. The van der Waals surface area contributed by atoms with Gasteiger partial charge in [-0.05, 0) is 48.8 Å². The number of carbonyl (C=O) groups excluding carboxylic acids is 2. The van der Waals surface area contributed by atoms with Crippen LogP contribution in [-0.4, -0.2) is 47.8 Å². The molecule has 1 fully saturated rings. The van der Waals surface area contributed by atoms with Crippen LogP contribution < -0.4 is 0 Å². The molecule has 1 aromatic carbocycles. The minimum Gasteiger partial charge on any atom is -0.341 e. The molecule has 0 saturated carbocycles. The molecule has 4 heteroatoms. The van der Waals surface area contributed by atoms with Crippen LogP contribution in [0.4, 0.5) is 0 Å². The van der Waals surface area contributed by atoms with Gasteiger partial charge in [-0.1, -0.05) is 32.0 Å². The molecular formula is C21H30N2O2. The molecule has 3 rings (SSSR count). The van der Waals surface area contributed by atoms with E-state index in [4.69, 9.17) is 0 Å². The Labute approximate surface area is 151 Å². The number of nitrogens with zero attached hydrogens (tertiary/aromatic N) is 2. The fourth-order valence-corrected chi connectivity index (χ4v) is 3.94. The van der Waals surface area contributed by atoms with E-state index in [9.17, 15) is 9.59 Å². The van der Waals surface area contributed by atoms with Crippen molar-refractivity contribution in [2.24, 2.45) is 5.92 Å². The number of rotatable bonds is 3. The molecule has 25 heavy (non-hydrogen) atoms. The number of hydrogen-bond acceptors (Lipinski definition) is 2. The number of amides is 2. The Morgan fingerprint density at radius 2 is 1.60 bits per heavy atom. The Balaban J connectivity index is 1.59. The molecule has 1 aliphatic carbocycles. The van der Waals surface area contributed by atoms with Gasteiger partial charge in [0.05, 0.1) is 6.42 Å². The third-order valence-corrected chi connectivity index (χ3v) is 5.42. The Kier molecular flexibility index (Phi) is 5.77. The Hall–Kier alpha value is -1.84. The van der Waals surface area contributed by atoms with Gasteiger partial charge in [-0.25, -0.2) is 0 Å². The number of hydrogen-bond donors (Lipinski definition) is 0. The van der Waals surface area contributed by atoms with Gasteiger partial charge >= 0.3 is 0 Å². The molecule has 1 aromatic rings. The second kappa shape index (κ2) is 8.03. The summed E-state index contributed by atoms with van der Waals surface area (Å²) in [5.41, 5.74) is 4.02. The smallest absolute Gasteiger partial charge is 0.227 e. The van der Waals surface area contributed by atoms with Crippen LogP contribution in [0.1, 0.15) is 49.8 Å². The van der Waals surface area contributed by atoms with Gasteiger partial charge in [0.1, 0.15) is 0 Å². The number of fused-ring (bicyclic) bond motifs is 1.